The number of carbonyl (C=O) groups is 1. The molecule has 1 amide bonds. The number of aromatic nitrogens is 3. The second kappa shape index (κ2) is 7.61. The zero-order valence-electron chi connectivity index (χ0n) is 16.1. The maximum Gasteiger partial charge on any atom is 0.248 e. The quantitative estimate of drug-likeness (QED) is 0.560. The number of hydrogen-bond donors (Lipinski definition) is 2. The van der Waals surface area contributed by atoms with Crippen molar-refractivity contribution >= 4 is 38.7 Å². The van der Waals surface area contributed by atoms with E-state index in [0.29, 0.717) is 5.56 Å². The molecule has 1 aliphatic carbocycles. The average molecular weight is 470 g/mol. The number of hydrogen-bond acceptors (Lipinski definition) is 5. The first-order valence-corrected chi connectivity index (χ1v) is 10.8. The largest absolute Gasteiger partial charge is 0.404 e. The number of fused-ring (bicyclic) bond motifs is 3. The lowest BCUT2D eigenvalue weighted by molar-refractivity contribution is 0.1000. The summed E-state index contributed by atoms with van der Waals surface area (Å²) in [5.41, 5.74) is 17.6. The van der Waals surface area contributed by atoms with E-state index in [0.717, 1.165) is 61.1 Å². The third-order valence-electron chi connectivity index (χ3n) is 4.87. The molecule has 0 atom stereocenters. The summed E-state index contributed by atoms with van der Waals surface area (Å²) in [6.07, 6.45) is 7.22. The molecule has 0 saturated heterocycles. The molecule has 0 saturated carbocycles. The molecule has 29 heavy (non-hydrogen) atoms. The molecule has 2 heterocycles. The Hall–Kier alpha value is -2.71. The van der Waals surface area contributed by atoms with Gasteiger partial charge in [0.2, 0.25) is 5.91 Å². The van der Waals surface area contributed by atoms with Gasteiger partial charge in [-0.2, -0.15) is 5.10 Å². The lowest BCUT2D eigenvalue weighted by Crippen LogP contribution is -2.11. The highest BCUT2D eigenvalue weighted by Gasteiger charge is 2.30. The Morgan fingerprint density at radius 1 is 1.34 bits per heavy atom. The first-order chi connectivity index (χ1) is 13.9. The number of nitrogens with two attached hydrogens (primary N) is 2. The zero-order valence-corrected chi connectivity index (χ0v) is 18.5. The second-order valence-corrected chi connectivity index (χ2v) is 8.81. The van der Waals surface area contributed by atoms with E-state index in [2.05, 4.69) is 15.9 Å². The van der Waals surface area contributed by atoms with Crippen LogP contribution in [0.15, 0.2) is 41.0 Å². The number of primary amides is 1. The van der Waals surface area contributed by atoms with Crippen molar-refractivity contribution in [2.45, 2.75) is 26.7 Å². The van der Waals surface area contributed by atoms with Crippen LogP contribution in [0.5, 0.6) is 0 Å². The van der Waals surface area contributed by atoms with Crippen molar-refractivity contribution in [2.75, 3.05) is 0 Å². The smallest absolute Gasteiger partial charge is 0.248 e. The summed E-state index contributed by atoms with van der Waals surface area (Å²) in [4.78, 5) is 17.4. The molecule has 8 heteroatoms. The number of amides is 1. The third kappa shape index (κ3) is 3.32. The highest BCUT2D eigenvalue weighted by Crippen LogP contribution is 2.42. The molecular formula is C21H20BrN5OS. The van der Waals surface area contributed by atoms with Crippen LogP contribution in [-0.4, -0.2) is 20.7 Å². The SMILES string of the molecule is C/C=C\C(=C/N)c1nn(-c2ccc(C(N)=O)cc2Br)c2c1CCc1nc(C)sc1-2. The Kier molecular flexibility index (Phi) is 5.14. The number of nitrogens with zero attached hydrogens (tertiary/aromatic N) is 3. The van der Waals surface area contributed by atoms with Gasteiger partial charge in [0.1, 0.15) is 0 Å². The highest BCUT2D eigenvalue weighted by molar-refractivity contribution is 9.10. The summed E-state index contributed by atoms with van der Waals surface area (Å²) in [6.45, 7) is 3.98. The molecular weight excluding hydrogens is 450 g/mol. The molecule has 0 radical (unpaired) electrons. The van der Waals surface area contributed by atoms with Crippen LogP contribution in [0.25, 0.3) is 21.8 Å². The minimum Gasteiger partial charge on any atom is -0.404 e. The normalized spacial score (nSPS) is 13.6. The summed E-state index contributed by atoms with van der Waals surface area (Å²) in [5, 5.41) is 5.98. The standard InChI is InChI=1S/C21H20BrN5OS/c1-3-4-13(10-23)18-14-6-7-16-20(29-11(2)25-16)19(14)27(26-18)17-8-5-12(21(24)28)9-15(17)22/h3-5,8-10H,6-7,23H2,1-2H3,(H2,24,28)/b4-3-,13-10+. The molecule has 2 aromatic heterocycles. The van der Waals surface area contributed by atoms with E-state index in [9.17, 15) is 4.79 Å². The predicted molar refractivity (Wildman–Crippen MR) is 120 cm³/mol. The van der Waals surface area contributed by atoms with Crippen LogP contribution in [0.2, 0.25) is 0 Å². The zero-order chi connectivity index (χ0) is 20.7. The van der Waals surface area contributed by atoms with E-state index in [-0.39, 0.29) is 0 Å². The van der Waals surface area contributed by atoms with E-state index >= 15 is 0 Å². The minimum atomic E-state index is -0.470. The number of benzene rings is 1. The Balaban J connectivity index is 2.00. The molecule has 4 N–H and O–H groups in total. The van der Waals surface area contributed by atoms with Gasteiger partial charge in [0.15, 0.2) is 0 Å². The number of aryl methyl sites for hydroxylation is 2. The van der Waals surface area contributed by atoms with Crippen LogP contribution in [0.1, 0.15) is 39.2 Å². The molecule has 0 bridgehead atoms. The van der Waals surface area contributed by atoms with Gasteiger partial charge in [-0.3, -0.25) is 4.79 Å². The molecule has 1 aliphatic rings. The van der Waals surface area contributed by atoms with E-state index in [4.69, 9.17) is 21.5 Å². The van der Waals surface area contributed by atoms with E-state index in [1.807, 2.05) is 36.7 Å². The van der Waals surface area contributed by atoms with Gasteiger partial charge in [0, 0.05) is 27.4 Å². The number of halogens is 1. The molecule has 0 spiro atoms. The molecule has 4 rings (SSSR count). The monoisotopic (exact) mass is 469 g/mol. The maximum absolute atomic E-state index is 11.5. The molecule has 0 fully saturated rings. The first kappa shape index (κ1) is 19.6. The van der Waals surface area contributed by atoms with Gasteiger partial charge >= 0.3 is 0 Å². The van der Waals surface area contributed by atoms with Gasteiger partial charge in [-0.05, 0) is 60.8 Å². The molecule has 6 nitrogen and oxygen atoms in total. The molecule has 148 valence electrons. The fourth-order valence-electron chi connectivity index (χ4n) is 3.62. The summed E-state index contributed by atoms with van der Waals surface area (Å²) in [5.74, 6) is -0.470. The van der Waals surface area contributed by atoms with Crippen LogP contribution >= 0.6 is 27.3 Å². The van der Waals surface area contributed by atoms with Gasteiger partial charge in [-0.25, -0.2) is 9.67 Å². The van der Waals surface area contributed by atoms with Gasteiger partial charge in [-0.1, -0.05) is 12.2 Å². The van der Waals surface area contributed by atoms with Crippen LogP contribution in [0, 0.1) is 6.92 Å². The van der Waals surface area contributed by atoms with Gasteiger partial charge < -0.3 is 11.5 Å². The molecule has 3 aromatic rings. The van der Waals surface area contributed by atoms with Gasteiger partial charge in [0.25, 0.3) is 0 Å². The Morgan fingerprint density at radius 2 is 2.14 bits per heavy atom. The highest BCUT2D eigenvalue weighted by atomic mass is 79.9. The minimum absolute atomic E-state index is 0.438. The van der Waals surface area contributed by atoms with Crippen molar-refractivity contribution in [3.05, 3.63) is 68.5 Å². The lowest BCUT2D eigenvalue weighted by atomic mass is 9.95. The maximum atomic E-state index is 11.5. The van der Waals surface area contributed by atoms with Crippen molar-refractivity contribution in [1.29, 1.82) is 0 Å². The van der Waals surface area contributed by atoms with Crippen LogP contribution < -0.4 is 11.5 Å². The lowest BCUT2D eigenvalue weighted by Gasteiger charge is -2.15. The van der Waals surface area contributed by atoms with Crippen molar-refractivity contribution in [1.82, 2.24) is 14.8 Å². The molecule has 0 aliphatic heterocycles. The number of thiazole rings is 1. The number of allylic oxidation sites excluding steroid dienone is 3. The second-order valence-electron chi connectivity index (χ2n) is 6.75. The first-order valence-electron chi connectivity index (χ1n) is 9.17. The van der Waals surface area contributed by atoms with E-state index < -0.39 is 5.91 Å². The van der Waals surface area contributed by atoms with Crippen molar-refractivity contribution in [2.24, 2.45) is 11.5 Å². The molecule has 0 unspecified atom stereocenters. The Morgan fingerprint density at radius 3 is 2.79 bits per heavy atom. The average Bonchev–Trinajstić information content (AvgIpc) is 3.25. The summed E-state index contributed by atoms with van der Waals surface area (Å²) in [6, 6.07) is 5.28. The summed E-state index contributed by atoms with van der Waals surface area (Å²) in [7, 11) is 0. The number of rotatable bonds is 4. The fourth-order valence-corrected chi connectivity index (χ4v) is 5.19. The van der Waals surface area contributed by atoms with E-state index in [1.165, 1.54) is 0 Å². The fraction of sp³-hybridized carbons (Fsp3) is 0.190. The van der Waals surface area contributed by atoms with Crippen molar-refractivity contribution in [3.8, 4) is 16.3 Å². The Bertz CT molecular complexity index is 1190. The molecule has 1 aromatic carbocycles. The van der Waals surface area contributed by atoms with Gasteiger partial charge in [0.05, 0.1) is 32.7 Å². The van der Waals surface area contributed by atoms with E-state index in [1.54, 1.807) is 29.7 Å². The van der Waals surface area contributed by atoms with Crippen LogP contribution in [0.4, 0.5) is 0 Å². The van der Waals surface area contributed by atoms with Crippen molar-refractivity contribution in [3.63, 3.8) is 0 Å². The predicted octanol–water partition coefficient (Wildman–Crippen LogP) is 4.14. The Labute approximate surface area is 181 Å². The van der Waals surface area contributed by atoms with Crippen LogP contribution in [0.3, 0.4) is 0 Å². The number of carbonyl (C=O) groups excluding carboxylic acids is 1. The summed E-state index contributed by atoms with van der Waals surface area (Å²) < 4.78 is 2.66. The third-order valence-corrected chi connectivity index (χ3v) is 6.53. The summed E-state index contributed by atoms with van der Waals surface area (Å²) >= 11 is 5.26. The van der Waals surface area contributed by atoms with Gasteiger partial charge in [-0.15, -0.1) is 11.3 Å². The topological polar surface area (TPSA) is 99.8 Å². The van der Waals surface area contributed by atoms with Crippen LogP contribution in [-0.2, 0) is 12.8 Å². The van der Waals surface area contributed by atoms with Crippen molar-refractivity contribution < 1.29 is 4.79 Å².